The van der Waals surface area contributed by atoms with E-state index in [9.17, 15) is 4.79 Å². The summed E-state index contributed by atoms with van der Waals surface area (Å²) in [5.74, 6) is 0.382. The monoisotopic (exact) mass is 217 g/mol. The fourth-order valence-corrected chi connectivity index (χ4v) is 1.88. The van der Waals surface area contributed by atoms with Crippen LogP contribution in [0.25, 0.3) is 0 Å². The summed E-state index contributed by atoms with van der Waals surface area (Å²) in [6, 6.07) is 10.3. The fraction of sp³-hybridized carbons (Fsp3) is 0.357. The van der Waals surface area contributed by atoms with Crippen LogP contribution < -0.4 is 0 Å². The van der Waals surface area contributed by atoms with E-state index in [0.29, 0.717) is 12.3 Å². The molecule has 1 fully saturated rings. The third kappa shape index (κ3) is 3.99. The van der Waals surface area contributed by atoms with E-state index < -0.39 is 0 Å². The lowest BCUT2D eigenvalue weighted by molar-refractivity contribution is -0.122. The largest absolute Gasteiger partial charge is 0.298 e. The Morgan fingerprint density at radius 3 is 2.50 bits per heavy atom. The number of ketones is 1. The van der Waals surface area contributed by atoms with Gasteiger partial charge in [0.25, 0.3) is 0 Å². The van der Waals surface area contributed by atoms with Crippen LogP contribution in [0.4, 0.5) is 0 Å². The molecule has 1 saturated heterocycles. The van der Waals surface area contributed by atoms with Gasteiger partial charge in [-0.05, 0) is 18.5 Å². The SMILES string of the molecule is C=C.O=C1CCCN(Cc2ccccc2)C1. The average molecular weight is 217 g/mol. The lowest BCUT2D eigenvalue weighted by Gasteiger charge is -2.25. The molecule has 1 heterocycles. The zero-order chi connectivity index (χ0) is 11.8. The molecule has 1 aliphatic rings. The number of hydrogen-bond donors (Lipinski definition) is 0. The number of likely N-dealkylation sites (tertiary alicyclic amines) is 1. The van der Waals surface area contributed by atoms with Crippen molar-refractivity contribution in [3.05, 3.63) is 49.1 Å². The van der Waals surface area contributed by atoms with E-state index in [-0.39, 0.29) is 0 Å². The van der Waals surface area contributed by atoms with Gasteiger partial charge in [0.1, 0.15) is 5.78 Å². The smallest absolute Gasteiger partial charge is 0.146 e. The average Bonchev–Trinajstić information content (AvgIpc) is 2.33. The van der Waals surface area contributed by atoms with Crippen molar-refractivity contribution in [3.63, 3.8) is 0 Å². The second-order valence-corrected chi connectivity index (χ2v) is 3.84. The molecule has 86 valence electrons. The maximum absolute atomic E-state index is 11.2. The van der Waals surface area contributed by atoms with Crippen molar-refractivity contribution in [3.8, 4) is 0 Å². The third-order valence-electron chi connectivity index (χ3n) is 2.58. The van der Waals surface area contributed by atoms with Gasteiger partial charge in [-0.1, -0.05) is 30.3 Å². The molecule has 0 aliphatic carbocycles. The van der Waals surface area contributed by atoms with Crippen LogP contribution in [0, 0.1) is 0 Å². The van der Waals surface area contributed by atoms with Gasteiger partial charge in [0, 0.05) is 13.0 Å². The molecule has 0 saturated carbocycles. The summed E-state index contributed by atoms with van der Waals surface area (Å²) in [5, 5.41) is 0. The van der Waals surface area contributed by atoms with Crippen LogP contribution >= 0.6 is 0 Å². The predicted molar refractivity (Wildman–Crippen MR) is 67.2 cm³/mol. The summed E-state index contributed by atoms with van der Waals surface area (Å²) < 4.78 is 0. The first-order chi connectivity index (χ1) is 7.84. The molecule has 0 radical (unpaired) electrons. The van der Waals surface area contributed by atoms with Gasteiger partial charge in [-0.2, -0.15) is 0 Å². The molecule has 1 aromatic rings. The molecule has 0 spiro atoms. The molecule has 0 unspecified atom stereocenters. The molecule has 0 N–H and O–H groups in total. The van der Waals surface area contributed by atoms with Crippen molar-refractivity contribution in [1.29, 1.82) is 0 Å². The summed E-state index contributed by atoms with van der Waals surface area (Å²) in [6.45, 7) is 8.60. The van der Waals surface area contributed by atoms with Gasteiger partial charge in [-0.25, -0.2) is 0 Å². The normalized spacial score (nSPS) is 16.4. The van der Waals surface area contributed by atoms with Crippen LogP contribution in [0.1, 0.15) is 18.4 Å². The number of carbonyl (C=O) groups excluding carboxylic acids is 1. The van der Waals surface area contributed by atoms with E-state index in [0.717, 1.165) is 25.9 Å². The molecule has 16 heavy (non-hydrogen) atoms. The van der Waals surface area contributed by atoms with E-state index >= 15 is 0 Å². The van der Waals surface area contributed by atoms with Gasteiger partial charge in [0.05, 0.1) is 6.54 Å². The molecule has 0 aromatic heterocycles. The molecular weight excluding hydrogens is 198 g/mol. The summed E-state index contributed by atoms with van der Waals surface area (Å²) in [6.07, 6.45) is 1.79. The van der Waals surface area contributed by atoms with Crippen molar-refractivity contribution in [2.75, 3.05) is 13.1 Å². The van der Waals surface area contributed by atoms with Gasteiger partial charge in [0.2, 0.25) is 0 Å². The topological polar surface area (TPSA) is 20.3 Å². The second-order valence-electron chi connectivity index (χ2n) is 3.84. The summed E-state index contributed by atoms with van der Waals surface area (Å²) >= 11 is 0. The van der Waals surface area contributed by atoms with Crippen molar-refractivity contribution < 1.29 is 4.79 Å². The first-order valence-corrected chi connectivity index (χ1v) is 5.62. The molecule has 0 bridgehead atoms. The second kappa shape index (κ2) is 6.96. The van der Waals surface area contributed by atoms with Gasteiger partial charge in [-0.3, -0.25) is 9.69 Å². The number of hydrogen-bond acceptors (Lipinski definition) is 2. The Labute approximate surface area is 97.6 Å². The van der Waals surface area contributed by atoms with Crippen LogP contribution in [0.3, 0.4) is 0 Å². The van der Waals surface area contributed by atoms with Crippen LogP contribution in [0.2, 0.25) is 0 Å². The summed E-state index contributed by atoms with van der Waals surface area (Å²) in [5.41, 5.74) is 1.29. The number of Topliss-reactive ketones (excluding diaryl/α,β-unsaturated/α-hetero) is 1. The maximum Gasteiger partial charge on any atom is 0.146 e. The van der Waals surface area contributed by atoms with Crippen LogP contribution in [-0.4, -0.2) is 23.8 Å². The van der Waals surface area contributed by atoms with Crippen molar-refractivity contribution in [1.82, 2.24) is 4.90 Å². The Morgan fingerprint density at radius 2 is 1.88 bits per heavy atom. The molecule has 1 aliphatic heterocycles. The van der Waals surface area contributed by atoms with Crippen molar-refractivity contribution >= 4 is 5.78 Å². The lowest BCUT2D eigenvalue weighted by atomic mass is 10.1. The van der Waals surface area contributed by atoms with Crippen LogP contribution in [-0.2, 0) is 11.3 Å². The molecule has 2 heteroatoms. The highest BCUT2D eigenvalue weighted by molar-refractivity contribution is 5.81. The minimum absolute atomic E-state index is 0.382. The fourth-order valence-electron chi connectivity index (χ4n) is 1.88. The molecule has 0 amide bonds. The van der Waals surface area contributed by atoms with Gasteiger partial charge < -0.3 is 0 Å². The molecule has 2 rings (SSSR count). The summed E-state index contributed by atoms with van der Waals surface area (Å²) in [7, 11) is 0. The highest BCUT2D eigenvalue weighted by Gasteiger charge is 2.16. The van der Waals surface area contributed by atoms with Gasteiger partial charge in [-0.15, -0.1) is 13.2 Å². The van der Waals surface area contributed by atoms with E-state index in [4.69, 9.17) is 0 Å². The third-order valence-corrected chi connectivity index (χ3v) is 2.58. The zero-order valence-electron chi connectivity index (χ0n) is 9.69. The zero-order valence-corrected chi connectivity index (χ0v) is 9.69. The van der Waals surface area contributed by atoms with Gasteiger partial charge in [0.15, 0.2) is 0 Å². The Morgan fingerprint density at radius 1 is 1.19 bits per heavy atom. The number of benzene rings is 1. The number of piperidine rings is 1. The van der Waals surface area contributed by atoms with E-state index in [1.807, 2.05) is 18.2 Å². The van der Waals surface area contributed by atoms with Gasteiger partial charge >= 0.3 is 0 Å². The van der Waals surface area contributed by atoms with E-state index in [1.54, 1.807) is 0 Å². The molecular formula is C14H19NO. The summed E-state index contributed by atoms with van der Waals surface area (Å²) in [4.78, 5) is 13.4. The maximum atomic E-state index is 11.2. The molecule has 1 aromatic carbocycles. The Hall–Kier alpha value is -1.41. The number of rotatable bonds is 2. The quantitative estimate of drug-likeness (QED) is 0.710. The first-order valence-electron chi connectivity index (χ1n) is 5.62. The Kier molecular flexibility index (Phi) is 5.51. The van der Waals surface area contributed by atoms with E-state index in [2.05, 4.69) is 30.2 Å². The minimum Gasteiger partial charge on any atom is -0.298 e. The minimum atomic E-state index is 0.382. The highest BCUT2D eigenvalue weighted by atomic mass is 16.1. The van der Waals surface area contributed by atoms with E-state index in [1.165, 1.54) is 5.56 Å². The predicted octanol–water partition coefficient (Wildman–Crippen LogP) is 2.65. The van der Waals surface area contributed by atoms with Crippen LogP contribution in [0.15, 0.2) is 43.5 Å². The Balaban J connectivity index is 0.000000606. The van der Waals surface area contributed by atoms with Crippen LogP contribution in [0.5, 0.6) is 0 Å². The molecule has 0 atom stereocenters. The molecule has 2 nitrogen and oxygen atoms in total. The van der Waals surface area contributed by atoms with Crippen molar-refractivity contribution in [2.45, 2.75) is 19.4 Å². The Bertz CT molecular complexity index is 321. The van der Waals surface area contributed by atoms with Crippen molar-refractivity contribution in [2.24, 2.45) is 0 Å². The lowest BCUT2D eigenvalue weighted by Crippen LogP contribution is -2.34. The number of carbonyl (C=O) groups is 1. The first kappa shape index (κ1) is 12.7. The highest BCUT2D eigenvalue weighted by Crippen LogP contribution is 2.10. The standard InChI is InChI=1S/C12H15NO.C2H4/c14-12-7-4-8-13(10-12)9-11-5-2-1-3-6-11;1-2/h1-3,5-6H,4,7-10H2;1-2H2. The number of nitrogens with zero attached hydrogens (tertiary/aromatic N) is 1.